The van der Waals surface area contributed by atoms with Crippen LogP contribution in [0.1, 0.15) is 18.4 Å². The lowest BCUT2D eigenvalue weighted by atomic mass is 10.0. The lowest BCUT2D eigenvalue weighted by Gasteiger charge is -2.22. The number of nitrogens with two attached hydrogens (primary N) is 1. The Morgan fingerprint density at radius 1 is 1.47 bits per heavy atom. The zero-order chi connectivity index (χ0) is 12.1. The standard InChI is InChI=1S/C12H17N3OS/c13-12(17)10-1-2-11(15-8-10)14-7-9-3-5-16-6-4-9/h1-2,8-9H,3-7H2,(H2,13,17)(H,14,15). The van der Waals surface area contributed by atoms with Crippen molar-refractivity contribution >= 4 is 23.0 Å². The van der Waals surface area contributed by atoms with E-state index in [2.05, 4.69) is 10.3 Å². The Morgan fingerprint density at radius 2 is 2.24 bits per heavy atom. The van der Waals surface area contributed by atoms with Gasteiger partial charge in [0.15, 0.2) is 0 Å². The lowest BCUT2D eigenvalue weighted by Crippen LogP contribution is -2.23. The molecule has 1 aromatic rings. The average Bonchev–Trinajstić information content (AvgIpc) is 2.38. The molecule has 0 radical (unpaired) electrons. The first-order valence-corrected chi connectivity index (χ1v) is 6.24. The minimum Gasteiger partial charge on any atom is -0.389 e. The highest BCUT2D eigenvalue weighted by Crippen LogP contribution is 2.15. The van der Waals surface area contributed by atoms with E-state index in [4.69, 9.17) is 22.7 Å². The van der Waals surface area contributed by atoms with Gasteiger partial charge in [-0.25, -0.2) is 4.98 Å². The smallest absolute Gasteiger partial charge is 0.125 e. The van der Waals surface area contributed by atoms with Crippen molar-refractivity contribution in [3.8, 4) is 0 Å². The number of nitrogens with zero attached hydrogens (tertiary/aromatic N) is 1. The second-order valence-electron chi connectivity index (χ2n) is 4.23. The minimum atomic E-state index is 0.383. The summed E-state index contributed by atoms with van der Waals surface area (Å²) in [6.07, 6.45) is 3.95. The van der Waals surface area contributed by atoms with Gasteiger partial charge >= 0.3 is 0 Å². The molecule has 0 saturated carbocycles. The van der Waals surface area contributed by atoms with Crippen LogP contribution < -0.4 is 11.1 Å². The molecule has 0 bridgehead atoms. The quantitative estimate of drug-likeness (QED) is 0.795. The summed E-state index contributed by atoms with van der Waals surface area (Å²) in [5.74, 6) is 1.55. The minimum absolute atomic E-state index is 0.383. The highest BCUT2D eigenvalue weighted by atomic mass is 32.1. The Balaban J connectivity index is 1.84. The summed E-state index contributed by atoms with van der Waals surface area (Å²) in [6, 6.07) is 3.80. The largest absolute Gasteiger partial charge is 0.389 e. The molecule has 5 heteroatoms. The van der Waals surface area contributed by atoms with Crippen LogP contribution >= 0.6 is 12.2 Å². The zero-order valence-electron chi connectivity index (χ0n) is 9.69. The van der Waals surface area contributed by atoms with Crippen LogP contribution in [0.25, 0.3) is 0 Å². The van der Waals surface area contributed by atoms with Crippen LogP contribution in [0.3, 0.4) is 0 Å². The third-order valence-electron chi connectivity index (χ3n) is 2.96. The number of ether oxygens (including phenoxy) is 1. The molecule has 3 N–H and O–H groups in total. The first kappa shape index (κ1) is 12.3. The Kier molecular flexibility index (Phi) is 4.28. The fourth-order valence-electron chi connectivity index (χ4n) is 1.84. The third kappa shape index (κ3) is 3.64. The first-order valence-electron chi connectivity index (χ1n) is 5.83. The number of hydrogen-bond acceptors (Lipinski definition) is 4. The van der Waals surface area contributed by atoms with Gasteiger partial charge in [-0.3, -0.25) is 0 Å². The Labute approximate surface area is 107 Å². The van der Waals surface area contributed by atoms with E-state index in [1.165, 1.54) is 0 Å². The van der Waals surface area contributed by atoms with Gasteiger partial charge in [0.2, 0.25) is 0 Å². The predicted octanol–water partition coefficient (Wildman–Crippen LogP) is 1.55. The van der Waals surface area contributed by atoms with Gasteiger partial charge in [-0.15, -0.1) is 0 Å². The molecule has 92 valence electrons. The van der Waals surface area contributed by atoms with Crippen LogP contribution in [0.15, 0.2) is 18.3 Å². The first-order chi connectivity index (χ1) is 8.25. The number of hydrogen-bond donors (Lipinski definition) is 2. The molecule has 0 atom stereocenters. The molecule has 1 saturated heterocycles. The summed E-state index contributed by atoms with van der Waals surface area (Å²) in [4.78, 5) is 4.66. The summed E-state index contributed by atoms with van der Waals surface area (Å²) < 4.78 is 5.32. The fourth-order valence-corrected chi connectivity index (χ4v) is 1.96. The number of nitrogens with one attached hydrogen (secondary N) is 1. The lowest BCUT2D eigenvalue weighted by molar-refractivity contribution is 0.0699. The van der Waals surface area contributed by atoms with Crippen molar-refractivity contribution in [2.24, 2.45) is 11.7 Å². The molecule has 0 aromatic carbocycles. The SMILES string of the molecule is NC(=S)c1ccc(NCC2CCOCC2)nc1. The third-order valence-corrected chi connectivity index (χ3v) is 3.20. The van der Waals surface area contributed by atoms with Crippen molar-refractivity contribution in [1.29, 1.82) is 0 Å². The second-order valence-corrected chi connectivity index (χ2v) is 4.67. The summed E-state index contributed by atoms with van der Waals surface area (Å²) in [5, 5.41) is 3.33. The van der Waals surface area contributed by atoms with Gasteiger partial charge in [-0.2, -0.15) is 0 Å². The monoisotopic (exact) mass is 251 g/mol. The molecular weight excluding hydrogens is 234 g/mol. The molecule has 0 amide bonds. The van der Waals surface area contributed by atoms with Gasteiger partial charge in [-0.05, 0) is 30.9 Å². The van der Waals surface area contributed by atoms with Crippen LogP contribution in [0.4, 0.5) is 5.82 Å². The molecule has 17 heavy (non-hydrogen) atoms. The molecule has 2 rings (SSSR count). The zero-order valence-corrected chi connectivity index (χ0v) is 10.5. The number of anilines is 1. The van der Waals surface area contributed by atoms with Crippen molar-refractivity contribution in [2.45, 2.75) is 12.8 Å². The summed E-state index contributed by atoms with van der Waals surface area (Å²) in [5.41, 5.74) is 6.31. The summed E-state index contributed by atoms with van der Waals surface area (Å²) in [7, 11) is 0. The van der Waals surface area contributed by atoms with Gasteiger partial charge in [0.25, 0.3) is 0 Å². The number of rotatable bonds is 4. The maximum Gasteiger partial charge on any atom is 0.125 e. The highest BCUT2D eigenvalue weighted by Gasteiger charge is 2.13. The molecule has 2 heterocycles. The van der Waals surface area contributed by atoms with E-state index in [0.29, 0.717) is 10.9 Å². The van der Waals surface area contributed by atoms with Gasteiger partial charge in [0.05, 0.1) is 0 Å². The van der Waals surface area contributed by atoms with E-state index in [1.54, 1.807) is 6.20 Å². The average molecular weight is 251 g/mol. The van der Waals surface area contributed by atoms with Crippen LogP contribution in [-0.4, -0.2) is 29.7 Å². The summed E-state index contributed by atoms with van der Waals surface area (Å²) in [6.45, 7) is 2.70. The molecule has 1 aliphatic rings. The maximum absolute atomic E-state index is 5.51. The van der Waals surface area contributed by atoms with Gasteiger partial charge in [-0.1, -0.05) is 12.2 Å². The molecule has 1 aliphatic heterocycles. The van der Waals surface area contributed by atoms with Crippen molar-refractivity contribution in [3.05, 3.63) is 23.9 Å². The van der Waals surface area contributed by atoms with Crippen LogP contribution in [0.5, 0.6) is 0 Å². The Bertz CT molecular complexity index is 374. The van der Waals surface area contributed by atoms with Crippen LogP contribution in [-0.2, 0) is 4.74 Å². The normalized spacial score (nSPS) is 16.7. The molecule has 0 unspecified atom stereocenters. The maximum atomic E-state index is 5.51. The molecule has 0 aliphatic carbocycles. The molecular formula is C12H17N3OS. The van der Waals surface area contributed by atoms with Crippen LogP contribution in [0.2, 0.25) is 0 Å². The van der Waals surface area contributed by atoms with E-state index in [0.717, 1.165) is 44.0 Å². The Hall–Kier alpha value is -1.20. The van der Waals surface area contributed by atoms with Gasteiger partial charge < -0.3 is 15.8 Å². The fraction of sp³-hybridized carbons (Fsp3) is 0.500. The molecule has 1 aromatic heterocycles. The van der Waals surface area contributed by atoms with E-state index >= 15 is 0 Å². The van der Waals surface area contributed by atoms with Crippen LogP contribution in [0, 0.1) is 5.92 Å². The van der Waals surface area contributed by atoms with Crippen molar-refractivity contribution in [1.82, 2.24) is 4.98 Å². The number of aromatic nitrogens is 1. The van der Waals surface area contributed by atoms with E-state index in [9.17, 15) is 0 Å². The van der Waals surface area contributed by atoms with E-state index in [-0.39, 0.29) is 0 Å². The van der Waals surface area contributed by atoms with Gasteiger partial charge in [0.1, 0.15) is 10.8 Å². The van der Waals surface area contributed by atoms with Crippen molar-refractivity contribution in [2.75, 3.05) is 25.1 Å². The number of thiocarbonyl (C=S) groups is 1. The van der Waals surface area contributed by atoms with Crippen molar-refractivity contribution < 1.29 is 4.74 Å². The summed E-state index contributed by atoms with van der Waals surface area (Å²) >= 11 is 4.88. The Morgan fingerprint density at radius 3 is 2.82 bits per heavy atom. The molecule has 4 nitrogen and oxygen atoms in total. The van der Waals surface area contributed by atoms with Gasteiger partial charge in [0, 0.05) is 31.5 Å². The second kappa shape index (κ2) is 5.93. The molecule has 1 fully saturated rings. The molecule has 0 spiro atoms. The predicted molar refractivity (Wildman–Crippen MR) is 72.2 cm³/mol. The van der Waals surface area contributed by atoms with E-state index < -0.39 is 0 Å². The highest BCUT2D eigenvalue weighted by molar-refractivity contribution is 7.80. The number of pyridine rings is 1. The van der Waals surface area contributed by atoms with Crippen molar-refractivity contribution in [3.63, 3.8) is 0 Å². The van der Waals surface area contributed by atoms with E-state index in [1.807, 2.05) is 12.1 Å². The topological polar surface area (TPSA) is 60.2 Å².